The second-order valence-corrected chi connectivity index (χ2v) is 6.94. The maximum absolute atomic E-state index is 12.7. The lowest BCUT2D eigenvalue weighted by Gasteiger charge is -2.34. The largest absolute Gasteiger partial charge is 0.369 e. The molecule has 28 heavy (non-hydrogen) atoms. The number of amides is 2. The minimum absolute atomic E-state index is 0.0198. The standard InChI is InChI=1S/C22H23N3O3/c26-21-15-28-14-20(25(21)13-16-6-2-1-3-7-16)22(27)23-11-10-17-12-24-19-9-5-4-8-18(17)19/h1-9,12,20,24H,10-11,13-15H2,(H,23,27). The van der Waals surface area contributed by atoms with Crippen molar-refractivity contribution in [1.82, 2.24) is 15.2 Å². The third-order valence-corrected chi connectivity index (χ3v) is 5.06. The molecule has 1 fully saturated rings. The number of aromatic nitrogens is 1. The maximum Gasteiger partial charge on any atom is 0.249 e. The van der Waals surface area contributed by atoms with Crippen molar-refractivity contribution in [3.05, 3.63) is 71.9 Å². The number of carbonyl (C=O) groups excluding carboxylic acids is 2. The minimum atomic E-state index is -0.607. The molecule has 2 N–H and O–H groups in total. The number of morpholine rings is 1. The topological polar surface area (TPSA) is 74.4 Å². The van der Waals surface area contributed by atoms with Gasteiger partial charge in [-0.15, -0.1) is 0 Å². The molecule has 2 amide bonds. The Morgan fingerprint density at radius 1 is 1.14 bits per heavy atom. The van der Waals surface area contributed by atoms with Crippen LogP contribution in [0.3, 0.4) is 0 Å². The van der Waals surface area contributed by atoms with Gasteiger partial charge in [0.05, 0.1) is 6.61 Å². The van der Waals surface area contributed by atoms with Crippen LogP contribution in [0.15, 0.2) is 60.8 Å². The van der Waals surface area contributed by atoms with Crippen LogP contribution in [-0.2, 0) is 27.3 Å². The Hall–Kier alpha value is -3.12. The highest BCUT2D eigenvalue weighted by atomic mass is 16.5. The molecule has 1 aliphatic heterocycles. The highest BCUT2D eigenvalue weighted by Crippen LogP contribution is 2.18. The van der Waals surface area contributed by atoms with Crippen molar-refractivity contribution in [3.63, 3.8) is 0 Å². The summed E-state index contributed by atoms with van der Waals surface area (Å²) >= 11 is 0. The van der Waals surface area contributed by atoms with Crippen LogP contribution < -0.4 is 5.32 Å². The van der Waals surface area contributed by atoms with Crippen LogP contribution in [0, 0.1) is 0 Å². The zero-order valence-corrected chi connectivity index (χ0v) is 15.6. The number of hydrogen-bond acceptors (Lipinski definition) is 3. The number of H-pyrrole nitrogens is 1. The molecule has 6 heteroatoms. The number of rotatable bonds is 6. The van der Waals surface area contributed by atoms with Gasteiger partial charge in [-0.3, -0.25) is 9.59 Å². The van der Waals surface area contributed by atoms with Gasteiger partial charge in [-0.05, 0) is 23.6 Å². The molecule has 6 nitrogen and oxygen atoms in total. The summed E-state index contributed by atoms with van der Waals surface area (Å²) in [5.74, 6) is -0.337. The molecule has 1 unspecified atom stereocenters. The number of benzene rings is 2. The number of para-hydroxylation sites is 1. The van der Waals surface area contributed by atoms with Gasteiger partial charge in [0.1, 0.15) is 12.6 Å². The Labute approximate surface area is 163 Å². The van der Waals surface area contributed by atoms with Crippen LogP contribution in [0.4, 0.5) is 0 Å². The highest BCUT2D eigenvalue weighted by Gasteiger charge is 2.33. The van der Waals surface area contributed by atoms with E-state index in [1.165, 1.54) is 5.39 Å². The maximum atomic E-state index is 12.7. The first kappa shape index (κ1) is 18.3. The Bertz CT molecular complexity index is 967. The van der Waals surface area contributed by atoms with Crippen molar-refractivity contribution in [2.24, 2.45) is 0 Å². The molecule has 0 aliphatic carbocycles. The van der Waals surface area contributed by atoms with E-state index in [-0.39, 0.29) is 25.0 Å². The monoisotopic (exact) mass is 377 g/mol. The molecule has 1 aliphatic rings. The smallest absolute Gasteiger partial charge is 0.249 e. The van der Waals surface area contributed by atoms with Crippen molar-refractivity contribution in [1.29, 1.82) is 0 Å². The van der Waals surface area contributed by atoms with E-state index >= 15 is 0 Å². The van der Waals surface area contributed by atoms with Crippen LogP contribution in [0.25, 0.3) is 10.9 Å². The number of nitrogens with zero attached hydrogens (tertiary/aromatic N) is 1. The van der Waals surface area contributed by atoms with E-state index in [1.54, 1.807) is 4.90 Å². The molecule has 3 aromatic rings. The fourth-order valence-electron chi connectivity index (χ4n) is 3.58. The van der Waals surface area contributed by atoms with E-state index in [4.69, 9.17) is 4.74 Å². The zero-order chi connectivity index (χ0) is 19.3. The first-order valence-corrected chi connectivity index (χ1v) is 9.46. The molecule has 0 bridgehead atoms. The SMILES string of the molecule is O=C(NCCc1c[nH]c2ccccc12)C1COCC(=O)N1Cc1ccccc1. The lowest BCUT2D eigenvalue weighted by molar-refractivity contribution is -0.155. The van der Waals surface area contributed by atoms with Crippen LogP contribution >= 0.6 is 0 Å². The third kappa shape index (κ3) is 3.92. The lowest BCUT2D eigenvalue weighted by Crippen LogP contribution is -2.56. The van der Waals surface area contributed by atoms with Gasteiger partial charge in [0.15, 0.2) is 0 Å². The van der Waals surface area contributed by atoms with Crippen LogP contribution in [0.1, 0.15) is 11.1 Å². The second kappa shape index (κ2) is 8.27. The summed E-state index contributed by atoms with van der Waals surface area (Å²) in [6.45, 7) is 1.15. The Kier molecular flexibility index (Phi) is 5.39. The van der Waals surface area contributed by atoms with Gasteiger partial charge < -0.3 is 19.9 Å². The molecule has 0 spiro atoms. The number of aromatic amines is 1. The number of ether oxygens (including phenoxy) is 1. The lowest BCUT2D eigenvalue weighted by atomic mass is 10.1. The fourth-order valence-corrected chi connectivity index (χ4v) is 3.58. The summed E-state index contributed by atoms with van der Waals surface area (Å²) in [5.41, 5.74) is 3.24. The molecular formula is C22H23N3O3. The van der Waals surface area contributed by atoms with E-state index < -0.39 is 6.04 Å². The summed E-state index contributed by atoms with van der Waals surface area (Å²) in [7, 11) is 0. The molecule has 1 saturated heterocycles. The molecule has 1 atom stereocenters. The fraction of sp³-hybridized carbons (Fsp3) is 0.273. The van der Waals surface area contributed by atoms with E-state index in [2.05, 4.69) is 16.4 Å². The third-order valence-electron chi connectivity index (χ3n) is 5.06. The van der Waals surface area contributed by atoms with Crippen molar-refractivity contribution in [2.45, 2.75) is 19.0 Å². The zero-order valence-electron chi connectivity index (χ0n) is 15.6. The van der Waals surface area contributed by atoms with Gasteiger partial charge in [-0.2, -0.15) is 0 Å². The summed E-state index contributed by atoms with van der Waals surface area (Å²) in [6, 6.07) is 17.2. The quantitative estimate of drug-likeness (QED) is 0.692. The molecule has 2 heterocycles. The first-order valence-electron chi connectivity index (χ1n) is 9.46. The van der Waals surface area contributed by atoms with Crippen molar-refractivity contribution < 1.29 is 14.3 Å². The molecule has 0 radical (unpaired) electrons. The summed E-state index contributed by atoms with van der Waals surface area (Å²) in [5, 5.41) is 4.13. The Morgan fingerprint density at radius 3 is 2.79 bits per heavy atom. The molecule has 4 rings (SSSR count). The number of nitrogens with one attached hydrogen (secondary N) is 2. The average molecular weight is 377 g/mol. The van der Waals surface area contributed by atoms with Gasteiger partial charge in [0.25, 0.3) is 0 Å². The highest BCUT2D eigenvalue weighted by molar-refractivity contribution is 5.89. The molecule has 0 saturated carbocycles. The van der Waals surface area contributed by atoms with Gasteiger partial charge in [0, 0.05) is 30.2 Å². The normalized spacial score (nSPS) is 17.1. The Morgan fingerprint density at radius 2 is 1.93 bits per heavy atom. The number of fused-ring (bicyclic) bond motifs is 1. The second-order valence-electron chi connectivity index (χ2n) is 6.94. The minimum Gasteiger partial charge on any atom is -0.369 e. The van der Waals surface area contributed by atoms with Crippen LogP contribution in [0.5, 0.6) is 0 Å². The van der Waals surface area contributed by atoms with E-state index in [9.17, 15) is 9.59 Å². The average Bonchev–Trinajstić information content (AvgIpc) is 3.13. The predicted octanol–water partition coefficient (Wildman–Crippen LogP) is 2.25. The van der Waals surface area contributed by atoms with E-state index in [0.717, 1.165) is 23.1 Å². The molecule has 1 aromatic heterocycles. The van der Waals surface area contributed by atoms with Crippen molar-refractivity contribution >= 4 is 22.7 Å². The summed E-state index contributed by atoms with van der Waals surface area (Å²) < 4.78 is 5.34. The predicted molar refractivity (Wildman–Crippen MR) is 107 cm³/mol. The first-order chi connectivity index (χ1) is 13.7. The number of hydrogen-bond donors (Lipinski definition) is 2. The van der Waals surface area contributed by atoms with Gasteiger partial charge in [-0.1, -0.05) is 48.5 Å². The van der Waals surface area contributed by atoms with Crippen molar-refractivity contribution in [2.75, 3.05) is 19.8 Å². The Balaban J connectivity index is 1.38. The van der Waals surface area contributed by atoms with E-state index in [1.807, 2.05) is 54.7 Å². The van der Waals surface area contributed by atoms with Crippen LogP contribution in [-0.4, -0.2) is 47.5 Å². The molecular weight excluding hydrogens is 354 g/mol. The summed E-state index contributed by atoms with van der Waals surface area (Å²) in [4.78, 5) is 29.9. The van der Waals surface area contributed by atoms with Gasteiger partial charge in [0.2, 0.25) is 11.8 Å². The number of carbonyl (C=O) groups is 2. The summed E-state index contributed by atoms with van der Waals surface area (Å²) in [6.07, 6.45) is 2.70. The van der Waals surface area contributed by atoms with Gasteiger partial charge in [-0.25, -0.2) is 0 Å². The van der Waals surface area contributed by atoms with E-state index in [0.29, 0.717) is 13.1 Å². The van der Waals surface area contributed by atoms with Crippen molar-refractivity contribution in [3.8, 4) is 0 Å². The van der Waals surface area contributed by atoms with Gasteiger partial charge >= 0.3 is 0 Å². The molecule has 2 aromatic carbocycles. The molecule has 144 valence electrons. The van der Waals surface area contributed by atoms with Crippen LogP contribution in [0.2, 0.25) is 0 Å².